The lowest BCUT2D eigenvalue weighted by molar-refractivity contribution is -0.385. The maximum absolute atomic E-state index is 10.7. The Kier molecular flexibility index (Phi) is 5.53. The van der Waals surface area contributed by atoms with E-state index in [1.165, 1.54) is 6.20 Å². The van der Waals surface area contributed by atoms with Crippen LogP contribution < -0.4 is 5.32 Å². The Bertz CT molecular complexity index is 436. The van der Waals surface area contributed by atoms with E-state index in [-0.39, 0.29) is 5.69 Å². The Morgan fingerprint density at radius 1 is 1.56 bits per heavy atom. The van der Waals surface area contributed by atoms with E-state index in [0.717, 1.165) is 19.4 Å². The van der Waals surface area contributed by atoms with Gasteiger partial charge in [-0.05, 0) is 41.6 Å². The van der Waals surface area contributed by atoms with Crippen molar-refractivity contribution in [3.8, 4) is 0 Å². The second-order valence-electron chi connectivity index (χ2n) is 4.65. The molecule has 1 N–H and O–H groups in total. The number of nitrogens with one attached hydrogen (secondary N) is 1. The molecule has 0 spiro atoms. The molecule has 0 saturated heterocycles. The molecule has 5 nitrogen and oxygen atoms in total. The van der Waals surface area contributed by atoms with E-state index in [9.17, 15) is 10.1 Å². The number of halogens is 1. The minimum Gasteiger partial charge on any atom is -0.369 e. The summed E-state index contributed by atoms with van der Waals surface area (Å²) in [6, 6.07) is 0. The monoisotopic (exact) mass is 315 g/mol. The zero-order valence-electron chi connectivity index (χ0n) is 10.9. The summed E-state index contributed by atoms with van der Waals surface area (Å²) >= 11 is 3.35. The molecular weight excluding hydrogens is 298 g/mol. The van der Waals surface area contributed by atoms with Crippen molar-refractivity contribution in [2.24, 2.45) is 5.92 Å². The van der Waals surface area contributed by atoms with Crippen molar-refractivity contribution in [2.45, 2.75) is 33.6 Å². The summed E-state index contributed by atoms with van der Waals surface area (Å²) in [6.07, 6.45) is 3.50. The molecule has 0 amide bonds. The lowest BCUT2D eigenvalue weighted by Gasteiger charge is -2.10. The van der Waals surface area contributed by atoms with Crippen molar-refractivity contribution in [1.29, 1.82) is 0 Å². The molecule has 0 radical (unpaired) electrons. The van der Waals surface area contributed by atoms with Crippen molar-refractivity contribution in [3.05, 3.63) is 26.3 Å². The topological polar surface area (TPSA) is 68.1 Å². The largest absolute Gasteiger partial charge is 0.369 e. The molecule has 0 aliphatic carbocycles. The van der Waals surface area contributed by atoms with E-state index >= 15 is 0 Å². The van der Waals surface area contributed by atoms with Gasteiger partial charge in [-0.15, -0.1) is 0 Å². The summed E-state index contributed by atoms with van der Waals surface area (Å²) in [7, 11) is 0. The van der Waals surface area contributed by atoms with E-state index in [4.69, 9.17) is 0 Å². The van der Waals surface area contributed by atoms with Crippen molar-refractivity contribution in [1.82, 2.24) is 4.98 Å². The molecule has 0 bridgehead atoms. The number of hydrogen-bond acceptors (Lipinski definition) is 4. The highest BCUT2D eigenvalue weighted by Crippen LogP contribution is 2.30. The quantitative estimate of drug-likeness (QED) is 0.491. The third kappa shape index (κ3) is 3.94. The minimum atomic E-state index is -0.421. The Labute approximate surface area is 115 Å². The van der Waals surface area contributed by atoms with Gasteiger partial charge in [0.2, 0.25) is 0 Å². The standard InChI is InChI=1S/C12H18BrN3O2/c1-8(2)5-4-6-14-12-11(13)9(3)10(7-15-12)16(17)18/h7-8H,4-6H2,1-3H3,(H,14,15). The van der Waals surface area contributed by atoms with Gasteiger partial charge >= 0.3 is 0 Å². The number of aromatic nitrogens is 1. The number of anilines is 1. The molecule has 1 aromatic heterocycles. The maximum Gasteiger partial charge on any atom is 0.291 e. The van der Waals surface area contributed by atoms with Crippen molar-refractivity contribution < 1.29 is 4.92 Å². The Morgan fingerprint density at radius 2 is 2.22 bits per heavy atom. The van der Waals surface area contributed by atoms with Gasteiger partial charge in [0.1, 0.15) is 12.0 Å². The molecule has 0 unspecified atom stereocenters. The van der Waals surface area contributed by atoms with E-state index < -0.39 is 4.92 Å². The molecule has 0 fully saturated rings. The fraction of sp³-hybridized carbons (Fsp3) is 0.583. The van der Waals surface area contributed by atoms with E-state index in [0.29, 0.717) is 21.8 Å². The van der Waals surface area contributed by atoms with Crippen LogP contribution in [-0.2, 0) is 0 Å². The zero-order valence-corrected chi connectivity index (χ0v) is 12.5. The van der Waals surface area contributed by atoms with Crippen LogP contribution in [0.4, 0.5) is 11.5 Å². The van der Waals surface area contributed by atoms with Crippen LogP contribution in [0, 0.1) is 23.0 Å². The second-order valence-corrected chi connectivity index (χ2v) is 5.44. The zero-order chi connectivity index (χ0) is 13.7. The average molecular weight is 316 g/mol. The van der Waals surface area contributed by atoms with E-state index in [1.807, 2.05) is 0 Å². The average Bonchev–Trinajstić information content (AvgIpc) is 2.29. The van der Waals surface area contributed by atoms with Gasteiger partial charge in [-0.2, -0.15) is 0 Å². The summed E-state index contributed by atoms with van der Waals surface area (Å²) in [4.78, 5) is 14.4. The molecule has 0 aromatic carbocycles. The highest BCUT2D eigenvalue weighted by atomic mass is 79.9. The molecule has 1 aromatic rings. The van der Waals surface area contributed by atoms with Crippen LogP contribution in [0.2, 0.25) is 0 Å². The maximum atomic E-state index is 10.7. The highest BCUT2D eigenvalue weighted by molar-refractivity contribution is 9.10. The Balaban J connectivity index is 2.68. The normalized spacial score (nSPS) is 10.7. The summed E-state index contributed by atoms with van der Waals surface area (Å²) in [5.74, 6) is 1.35. The molecule has 0 aliphatic rings. The lowest BCUT2D eigenvalue weighted by atomic mass is 10.1. The summed E-state index contributed by atoms with van der Waals surface area (Å²) in [5.41, 5.74) is 0.635. The SMILES string of the molecule is Cc1c([N+](=O)[O-])cnc(NCCCC(C)C)c1Br. The lowest BCUT2D eigenvalue weighted by Crippen LogP contribution is -2.06. The number of nitrogens with zero attached hydrogens (tertiary/aromatic N) is 2. The smallest absolute Gasteiger partial charge is 0.291 e. The fourth-order valence-corrected chi connectivity index (χ4v) is 2.04. The van der Waals surface area contributed by atoms with Gasteiger partial charge in [0.25, 0.3) is 5.69 Å². The Morgan fingerprint density at radius 3 is 2.78 bits per heavy atom. The van der Waals surface area contributed by atoms with Gasteiger partial charge < -0.3 is 5.32 Å². The van der Waals surface area contributed by atoms with Crippen LogP contribution in [-0.4, -0.2) is 16.5 Å². The molecule has 0 aliphatic heterocycles. The van der Waals surface area contributed by atoms with Gasteiger partial charge in [0.15, 0.2) is 0 Å². The molecule has 18 heavy (non-hydrogen) atoms. The summed E-state index contributed by atoms with van der Waals surface area (Å²) in [5, 5.41) is 13.9. The summed E-state index contributed by atoms with van der Waals surface area (Å²) < 4.78 is 0.668. The van der Waals surface area contributed by atoms with Crippen LogP contribution in [0.25, 0.3) is 0 Å². The van der Waals surface area contributed by atoms with Gasteiger partial charge in [-0.3, -0.25) is 10.1 Å². The fourth-order valence-electron chi connectivity index (χ4n) is 1.59. The van der Waals surface area contributed by atoms with Crippen molar-refractivity contribution in [2.75, 3.05) is 11.9 Å². The molecule has 6 heteroatoms. The summed E-state index contributed by atoms with van der Waals surface area (Å²) in [6.45, 7) is 6.90. The molecular formula is C12H18BrN3O2. The predicted molar refractivity (Wildman–Crippen MR) is 75.9 cm³/mol. The highest BCUT2D eigenvalue weighted by Gasteiger charge is 2.16. The van der Waals surface area contributed by atoms with Crippen LogP contribution in [0.5, 0.6) is 0 Å². The first-order chi connectivity index (χ1) is 8.43. The van der Waals surface area contributed by atoms with Crippen LogP contribution in [0.3, 0.4) is 0 Å². The van der Waals surface area contributed by atoms with Gasteiger partial charge in [-0.1, -0.05) is 13.8 Å². The molecule has 0 saturated carbocycles. The third-order valence-corrected chi connectivity index (χ3v) is 3.65. The first kappa shape index (κ1) is 14.9. The Hall–Kier alpha value is -1.17. The van der Waals surface area contributed by atoms with Crippen LogP contribution in [0.15, 0.2) is 10.7 Å². The van der Waals surface area contributed by atoms with Crippen LogP contribution in [0.1, 0.15) is 32.3 Å². The first-order valence-corrected chi connectivity index (χ1v) is 6.76. The number of nitro groups is 1. The third-order valence-electron chi connectivity index (χ3n) is 2.68. The molecule has 1 heterocycles. The number of rotatable bonds is 6. The van der Waals surface area contributed by atoms with Crippen LogP contribution >= 0.6 is 15.9 Å². The minimum absolute atomic E-state index is 0.0367. The number of pyridine rings is 1. The van der Waals surface area contributed by atoms with Gasteiger partial charge in [-0.25, -0.2) is 4.98 Å². The van der Waals surface area contributed by atoms with Gasteiger partial charge in [0.05, 0.1) is 9.40 Å². The first-order valence-electron chi connectivity index (χ1n) is 5.96. The van der Waals surface area contributed by atoms with E-state index in [1.54, 1.807) is 6.92 Å². The van der Waals surface area contributed by atoms with Crippen molar-refractivity contribution in [3.63, 3.8) is 0 Å². The van der Waals surface area contributed by atoms with Gasteiger partial charge in [0, 0.05) is 12.1 Å². The molecule has 100 valence electrons. The second kappa shape index (κ2) is 6.68. The molecule has 0 atom stereocenters. The predicted octanol–water partition coefficient (Wildman–Crippen LogP) is 3.91. The molecule has 1 rings (SSSR count). The number of hydrogen-bond donors (Lipinski definition) is 1. The van der Waals surface area contributed by atoms with E-state index in [2.05, 4.69) is 40.1 Å². The van der Waals surface area contributed by atoms with Crippen molar-refractivity contribution >= 4 is 27.4 Å².